The van der Waals surface area contributed by atoms with Crippen molar-refractivity contribution in [2.24, 2.45) is 0 Å². The first-order chi connectivity index (χ1) is 14.6. The Hall–Kier alpha value is -1.89. The van der Waals surface area contributed by atoms with Crippen molar-refractivity contribution in [1.29, 1.82) is 0 Å². The Labute approximate surface area is 186 Å². The minimum atomic E-state index is -1.41. The molecule has 0 saturated carbocycles. The van der Waals surface area contributed by atoms with E-state index in [4.69, 9.17) is 32.7 Å². The van der Waals surface area contributed by atoms with E-state index in [0.29, 0.717) is 22.2 Å². The summed E-state index contributed by atoms with van der Waals surface area (Å²) in [6.45, 7) is 1.29. The maximum Gasteiger partial charge on any atom is 0.158 e. The fourth-order valence-corrected chi connectivity index (χ4v) is 4.42. The highest BCUT2D eigenvalue weighted by Gasteiger charge is 2.36. The van der Waals surface area contributed by atoms with Crippen molar-refractivity contribution in [2.45, 2.75) is 44.3 Å². The number of hydrogen-bond donors (Lipinski definition) is 1. The second-order valence-corrected chi connectivity index (χ2v) is 8.33. The number of nitrogens with zero attached hydrogens (tertiary/aromatic N) is 2. The number of hydrogen-bond acceptors (Lipinski definition) is 4. The van der Waals surface area contributed by atoms with Crippen LogP contribution in [-0.4, -0.2) is 27.6 Å². The third-order valence-electron chi connectivity index (χ3n) is 5.37. The lowest BCUT2D eigenvalue weighted by Crippen LogP contribution is -2.34. The summed E-state index contributed by atoms with van der Waals surface area (Å²) >= 11 is 12.6. The van der Waals surface area contributed by atoms with E-state index in [0.717, 1.165) is 37.0 Å². The third kappa shape index (κ3) is 4.71. The van der Waals surface area contributed by atoms with Crippen LogP contribution < -0.4 is 0 Å². The monoisotopic (exact) mass is 446 g/mol. The van der Waals surface area contributed by atoms with Gasteiger partial charge >= 0.3 is 0 Å². The van der Waals surface area contributed by atoms with Crippen LogP contribution in [0.2, 0.25) is 10.0 Å². The molecule has 2 heterocycles. The number of aliphatic hydroxyl groups is 1. The lowest BCUT2D eigenvalue weighted by atomic mass is 9.83. The minimum Gasteiger partial charge on any atom is -0.378 e. The molecule has 1 aliphatic heterocycles. The number of rotatable bonds is 7. The van der Waals surface area contributed by atoms with Crippen LogP contribution in [0.4, 0.5) is 0 Å². The van der Waals surface area contributed by atoms with Crippen molar-refractivity contribution >= 4 is 23.2 Å². The van der Waals surface area contributed by atoms with Crippen molar-refractivity contribution in [3.05, 3.63) is 87.9 Å². The summed E-state index contributed by atoms with van der Waals surface area (Å²) in [6, 6.07) is 12.8. The number of benzene rings is 2. The average molecular weight is 447 g/mol. The quantitative estimate of drug-likeness (QED) is 0.543. The van der Waals surface area contributed by atoms with Crippen molar-refractivity contribution in [2.75, 3.05) is 6.61 Å². The van der Waals surface area contributed by atoms with Crippen LogP contribution in [0.3, 0.4) is 0 Å². The van der Waals surface area contributed by atoms with Crippen molar-refractivity contribution in [3.8, 4) is 0 Å². The first-order valence-corrected chi connectivity index (χ1v) is 10.8. The molecule has 2 aromatic carbocycles. The summed E-state index contributed by atoms with van der Waals surface area (Å²) in [4.78, 5) is 4.11. The molecule has 7 heteroatoms. The normalized spacial score (nSPS) is 18.8. The van der Waals surface area contributed by atoms with Crippen LogP contribution in [0.5, 0.6) is 0 Å². The molecule has 1 aromatic heterocycles. The molecule has 5 nitrogen and oxygen atoms in total. The molecular weight excluding hydrogens is 423 g/mol. The van der Waals surface area contributed by atoms with E-state index in [1.807, 2.05) is 35.0 Å². The lowest BCUT2D eigenvalue weighted by molar-refractivity contribution is -0.169. The maximum atomic E-state index is 12.1. The topological polar surface area (TPSA) is 56.5 Å². The van der Waals surface area contributed by atoms with Gasteiger partial charge in [-0.05, 0) is 42.5 Å². The van der Waals surface area contributed by atoms with E-state index in [1.165, 1.54) is 0 Å². The summed E-state index contributed by atoms with van der Waals surface area (Å²) in [5.41, 5.74) is 0.762. The fourth-order valence-electron chi connectivity index (χ4n) is 3.86. The Morgan fingerprint density at radius 1 is 1.17 bits per heavy atom. The smallest absolute Gasteiger partial charge is 0.158 e. The predicted octanol–water partition coefficient (Wildman–Crippen LogP) is 5.17. The second kappa shape index (κ2) is 9.50. The zero-order valence-electron chi connectivity index (χ0n) is 16.5. The van der Waals surface area contributed by atoms with Gasteiger partial charge in [0.25, 0.3) is 0 Å². The summed E-state index contributed by atoms with van der Waals surface area (Å²) in [5.74, 6) is 0. The number of imidazole rings is 1. The predicted molar refractivity (Wildman–Crippen MR) is 117 cm³/mol. The van der Waals surface area contributed by atoms with Gasteiger partial charge in [-0.25, -0.2) is 4.98 Å². The Balaban J connectivity index is 1.71. The molecule has 0 bridgehead atoms. The molecule has 30 heavy (non-hydrogen) atoms. The Bertz CT molecular complexity index is 974. The van der Waals surface area contributed by atoms with E-state index in [-0.39, 0.29) is 12.8 Å². The van der Waals surface area contributed by atoms with Gasteiger partial charge in [0.15, 0.2) is 6.29 Å². The van der Waals surface area contributed by atoms with Gasteiger partial charge < -0.3 is 19.1 Å². The van der Waals surface area contributed by atoms with E-state index in [1.54, 1.807) is 30.7 Å². The molecule has 1 saturated heterocycles. The van der Waals surface area contributed by atoms with Gasteiger partial charge in [-0.3, -0.25) is 0 Å². The molecule has 3 aromatic rings. The molecule has 1 fully saturated rings. The van der Waals surface area contributed by atoms with Crippen molar-refractivity contribution in [3.63, 3.8) is 0 Å². The van der Waals surface area contributed by atoms with Gasteiger partial charge in [-0.2, -0.15) is 0 Å². The Morgan fingerprint density at radius 3 is 2.77 bits per heavy atom. The molecule has 0 amide bonds. The Morgan fingerprint density at radius 2 is 2.03 bits per heavy atom. The fraction of sp³-hybridized carbons (Fsp3) is 0.348. The summed E-state index contributed by atoms with van der Waals surface area (Å²) in [6.07, 6.45) is 7.98. The van der Waals surface area contributed by atoms with Gasteiger partial charge in [0, 0.05) is 34.6 Å². The summed E-state index contributed by atoms with van der Waals surface area (Å²) in [7, 11) is 0. The molecule has 158 valence electrons. The lowest BCUT2D eigenvalue weighted by Gasteiger charge is -2.33. The van der Waals surface area contributed by atoms with Gasteiger partial charge in [0.1, 0.15) is 5.60 Å². The highest BCUT2D eigenvalue weighted by atomic mass is 35.5. The second-order valence-electron chi connectivity index (χ2n) is 7.48. The molecule has 1 N–H and O–H groups in total. The number of halogens is 2. The van der Waals surface area contributed by atoms with Gasteiger partial charge in [0.05, 0.1) is 19.5 Å². The molecule has 2 atom stereocenters. The maximum absolute atomic E-state index is 12.1. The number of ether oxygens (including phenoxy) is 2. The molecule has 0 aliphatic carbocycles. The SMILES string of the molecule is OC(Cn1ccnc1)(c1ccc(Cl)cc1Cl)c1ccccc1COC1CCCCO1. The van der Waals surface area contributed by atoms with Crippen molar-refractivity contribution < 1.29 is 14.6 Å². The van der Waals surface area contributed by atoms with Gasteiger partial charge in [0.2, 0.25) is 0 Å². The largest absolute Gasteiger partial charge is 0.378 e. The van der Waals surface area contributed by atoms with Crippen LogP contribution in [-0.2, 0) is 28.2 Å². The van der Waals surface area contributed by atoms with Crippen LogP contribution in [0, 0.1) is 0 Å². The molecular formula is C23H24Cl2N2O3. The van der Waals surface area contributed by atoms with Crippen LogP contribution in [0.1, 0.15) is 36.0 Å². The molecule has 2 unspecified atom stereocenters. The molecule has 0 spiro atoms. The van der Waals surface area contributed by atoms with Crippen LogP contribution in [0.15, 0.2) is 61.2 Å². The van der Waals surface area contributed by atoms with Crippen molar-refractivity contribution in [1.82, 2.24) is 9.55 Å². The molecule has 4 rings (SSSR count). The Kier molecular flexibility index (Phi) is 6.76. The standard InChI is InChI=1S/C23H24Cl2N2O3/c24-18-8-9-20(21(25)13-18)23(28,15-27-11-10-26-16-27)19-6-2-1-5-17(19)14-30-22-7-3-4-12-29-22/h1-2,5-6,8-11,13,16,22,28H,3-4,7,12,14-15H2. The number of aromatic nitrogens is 2. The van der Waals surface area contributed by atoms with Gasteiger partial charge in [-0.1, -0.05) is 53.5 Å². The van der Waals surface area contributed by atoms with E-state index in [2.05, 4.69) is 4.98 Å². The van der Waals surface area contributed by atoms with Crippen LogP contribution in [0.25, 0.3) is 0 Å². The van der Waals surface area contributed by atoms with E-state index >= 15 is 0 Å². The molecule has 0 radical (unpaired) electrons. The summed E-state index contributed by atoms with van der Waals surface area (Å²) < 4.78 is 13.5. The first-order valence-electron chi connectivity index (χ1n) is 10.0. The first kappa shape index (κ1) is 21.3. The minimum absolute atomic E-state index is 0.215. The third-order valence-corrected chi connectivity index (χ3v) is 5.92. The summed E-state index contributed by atoms with van der Waals surface area (Å²) in [5, 5.41) is 13.0. The van der Waals surface area contributed by atoms with Crippen LogP contribution >= 0.6 is 23.2 Å². The van der Waals surface area contributed by atoms with Gasteiger partial charge in [-0.15, -0.1) is 0 Å². The highest BCUT2D eigenvalue weighted by Crippen LogP contribution is 2.39. The average Bonchev–Trinajstić information content (AvgIpc) is 3.26. The zero-order chi connectivity index (χ0) is 21.0. The molecule has 1 aliphatic rings. The van der Waals surface area contributed by atoms with E-state index < -0.39 is 5.60 Å². The van der Waals surface area contributed by atoms with E-state index in [9.17, 15) is 5.11 Å². The highest BCUT2D eigenvalue weighted by molar-refractivity contribution is 6.35. The zero-order valence-corrected chi connectivity index (χ0v) is 18.0.